The lowest BCUT2D eigenvalue weighted by atomic mass is 10.2. The third kappa shape index (κ3) is 3.37. The van der Waals surface area contributed by atoms with Crippen molar-refractivity contribution in [2.24, 2.45) is 0 Å². The van der Waals surface area contributed by atoms with Crippen LogP contribution < -0.4 is 0 Å². The number of ketones is 1. The molecule has 0 aliphatic carbocycles. The minimum absolute atomic E-state index is 0.0377. The Labute approximate surface area is 121 Å². The van der Waals surface area contributed by atoms with Gasteiger partial charge in [-0.15, -0.1) is 11.3 Å². The van der Waals surface area contributed by atoms with E-state index in [2.05, 4.69) is 15.9 Å². The van der Waals surface area contributed by atoms with Crippen LogP contribution in [0.1, 0.15) is 15.2 Å². The Balaban J connectivity index is 2.08. The normalized spacial score (nSPS) is 12.3. The van der Waals surface area contributed by atoms with E-state index >= 15 is 0 Å². The van der Waals surface area contributed by atoms with Crippen LogP contribution >= 0.6 is 27.3 Å². The van der Waals surface area contributed by atoms with Crippen molar-refractivity contribution in [2.45, 2.75) is 11.8 Å². The SMILES string of the molecule is Cc1ccc(S(=O)CC(=O)c2ccc(Br)s2)cc1. The average molecular weight is 343 g/mol. The molecule has 0 saturated heterocycles. The largest absolute Gasteiger partial charge is 0.292 e. The standard InChI is InChI=1S/C13H11BrO2S2/c1-9-2-4-10(5-3-9)18(16)8-11(15)12-6-7-13(14)17-12/h2-7H,8H2,1H3. The molecule has 0 amide bonds. The summed E-state index contributed by atoms with van der Waals surface area (Å²) in [5, 5.41) is 0. The Morgan fingerprint density at radius 3 is 2.44 bits per heavy atom. The van der Waals surface area contributed by atoms with Crippen LogP contribution in [0.2, 0.25) is 0 Å². The summed E-state index contributed by atoms with van der Waals surface area (Å²) in [5.41, 5.74) is 1.12. The lowest BCUT2D eigenvalue weighted by Crippen LogP contribution is -2.09. The summed E-state index contributed by atoms with van der Waals surface area (Å²) in [6, 6.07) is 11.0. The van der Waals surface area contributed by atoms with E-state index in [1.165, 1.54) is 11.3 Å². The molecular formula is C13H11BrO2S2. The summed E-state index contributed by atoms with van der Waals surface area (Å²) < 4.78 is 12.9. The maximum absolute atomic E-state index is 12.0. The second kappa shape index (κ2) is 5.91. The van der Waals surface area contributed by atoms with Gasteiger partial charge in [0.2, 0.25) is 0 Å². The van der Waals surface area contributed by atoms with Crippen LogP contribution in [0.4, 0.5) is 0 Å². The fourth-order valence-electron chi connectivity index (χ4n) is 1.43. The Kier molecular flexibility index (Phi) is 4.48. The van der Waals surface area contributed by atoms with Crippen molar-refractivity contribution in [3.8, 4) is 0 Å². The van der Waals surface area contributed by atoms with E-state index in [1.54, 1.807) is 6.07 Å². The zero-order valence-electron chi connectivity index (χ0n) is 9.68. The van der Waals surface area contributed by atoms with Crippen molar-refractivity contribution in [1.82, 2.24) is 0 Å². The maximum atomic E-state index is 12.0. The fraction of sp³-hybridized carbons (Fsp3) is 0.154. The summed E-state index contributed by atoms with van der Waals surface area (Å²) in [5.74, 6) is -0.0414. The topological polar surface area (TPSA) is 34.1 Å². The van der Waals surface area contributed by atoms with Crippen LogP contribution in [0.15, 0.2) is 45.1 Å². The molecule has 1 aromatic carbocycles. The van der Waals surface area contributed by atoms with Gasteiger partial charge in [0.25, 0.3) is 0 Å². The quantitative estimate of drug-likeness (QED) is 0.791. The minimum atomic E-state index is -1.27. The molecular weight excluding hydrogens is 332 g/mol. The Bertz CT molecular complexity index is 587. The van der Waals surface area contributed by atoms with Crippen LogP contribution in [-0.4, -0.2) is 15.7 Å². The maximum Gasteiger partial charge on any atom is 0.185 e. The first-order chi connectivity index (χ1) is 8.56. The van der Waals surface area contributed by atoms with Crippen molar-refractivity contribution in [1.29, 1.82) is 0 Å². The van der Waals surface area contributed by atoms with Gasteiger partial charge in [-0.3, -0.25) is 9.00 Å². The molecule has 5 heteroatoms. The number of aryl methyl sites for hydroxylation is 1. The zero-order chi connectivity index (χ0) is 13.1. The van der Waals surface area contributed by atoms with Crippen molar-refractivity contribution < 1.29 is 9.00 Å². The first-order valence-corrected chi connectivity index (χ1v) is 8.22. The molecule has 0 N–H and O–H groups in total. The van der Waals surface area contributed by atoms with Crippen LogP contribution in [-0.2, 0) is 10.8 Å². The Morgan fingerprint density at radius 2 is 1.89 bits per heavy atom. The highest BCUT2D eigenvalue weighted by Gasteiger charge is 2.13. The van der Waals surface area contributed by atoms with E-state index in [0.29, 0.717) is 9.77 Å². The van der Waals surface area contributed by atoms with E-state index in [-0.39, 0.29) is 11.5 Å². The highest BCUT2D eigenvalue weighted by molar-refractivity contribution is 9.11. The number of Topliss-reactive ketones (excluding diaryl/α,β-unsaturated/α-hetero) is 1. The molecule has 1 heterocycles. The lowest BCUT2D eigenvalue weighted by molar-refractivity contribution is 0.102. The number of hydrogen-bond acceptors (Lipinski definition) is 3. The second-order valence-electron chi connectivity index (χ2n) is 3.83. The summed E-state index contributed by atoms with van der Waals surface area (Å²) >= 11 is 4.68. The summed E-state index contributed by atoms with van der Waals surface area (Å²) in [7, 11) is -1.27. The minimum Gasteiger partial charge on any atom is -0.292 e. The van der Waals surface area contributed by atoms with Gasteiger partial charge in [-0.25, -0.2) is 0 Å². The lowest BCUT2D eigenvalue weighted by Gasteiger charge is -2.01. The average Bonchev–Trinajstić information content (AvgIpc) is 2.76. The zero-order valence-corrected chi connectivity index (χ0v) is 12.9. The van der Waals surface area contributed by atoms with E-state index in [9.17, 15) is 9.00 Å². The first kappa shape index (κ1) is 13.6. The molecule has 2 nitrogen and oxygen atoms in total. The third-order valence-electron chi connectivity index (χ3n) is 2.39. The molecule has 2 aromatic rings. The predicted octanol–water partition coefficient (Wildman–Crippen LogP) is 3.81. The van der Waals surface area contributed by atoms with Gasteiger partial charge in [0.15, 0.2) is 5.78 Å². The van der Waals surface area contributed by atoms with Gasteiger partial charge in [0, 0.05) is 4.90 Å². The van der Waals surface area contributed by atoms with Gasteiger partial charge in [0.05, 0.1) is 25.2 Å². The van der Waals surface area contributed by atoms with Gasteiger partial charge >= 0.3 is 0 Å². The molecule has 2 rings (SSSR count). The first-order valence-electron chi connectivity index (χ1n) is 5.30. The number of carbonyl (C=O) groups excluding carboxylic acids is 1. The molecule has 1 unspecified atom stereocenters. The Morgan fingerprint density at radius 1 is 1.22 bits per heavy atom. The predicted molar refractivity (Wildman–Crippen MR) is 78.8 cm³/mol. The van der Waals surface area contributed by atoms with Gasteiger partial charge in [-0.2, -0.15) is 0 Å². The van der Waals surface area contributed by atoms with Crippen LogP contribution in [0.5, 0.6) is 0 Å². The molecule has 1 aromatic heterocycles. The number of hydrogen-bond donors (Lipinski definition) is 0. The van der Waals surface area contributed by atoms with Gasteiger partial charge in [-0.1, -0.05) is 17.7 Å². The molecule has 0 fully saturated rings. The number of thiophene rings is 1. The van der Waals surface area contributed by atoms with Crippen LogP contribution in [0.25, 0.3) is 0 Å². The van der Waals surface area contributed by atoms with Gasteiger partial charge in [0.1, 0.15) is 0 Å². The molecule has 0 radical (unpaired) electrons. The van der Waals surface area contributed by atoms with Gasteiger partial charge < -0.3 is 0 Å². The molecule has 94 valence electrons. The third-order valence-corrected chi connectivity index (χ3v) is 5.38. The number of benzene rings is 1. The molecule has 18 heavy (non-hydrogen) atoms. The van der Waals surface area contributed by atoms with Crippen molar-refractivity contribution in [2.75, 3.05) is 5.75 Å². The molecule has 0 aliphatic heterocycles. The summed E-state index contributed by atoms with van der Waals surface area (Å²) in [6.07, 6.45) is 0. The van der Waals surface area contributed by atoms with Gasteiger partial charge in [-0.05, 0) is 47.1 Å². The number of carbonyl (C=O) groups is 1. The van der Waals surface area contributed by atoms with Crippen LogP contribution in [0.3, 0.4) is 0 Å². The highest BCUT2D eigenvalue weighted by Crippen LogP contribution is 2.23. The molecule has 0 bridgehead atoms. The van der Waals surface area contributed by atoms with E-state index < -0.39 is 10.8 Å². The number of rotatable bonds is 4. The smallest absolute Gasteiger partial charge is 0.185 e. The summed E-state index contributed by atoms with van der Waals surface area (Å²) in [6.45, 7) is 1.97. The van der Waals surface area contributed by atoms with Crippen LogP contribution in [0, 0.1) is 6.92 Å². The van der Waals surface area contributed by atoms with E-state index in [4.69, 9.17) is 0 Å². The second-order valence-corrected chi connectivity index (χ2v) is 7.74. The monoisotopic (exact) mass is 342 g/mol. The Hall–Kier alpha value is -0.780. The van der Waals surface area contributed by atoms with Crippen molar-refractivity contribution in [3.05, 3.63) is 50.6 Å². The molecule has 0 aliphatic rings. The number of halogens is 1. The molecule has 0 spiro atoms. The van der Waals surface area contributed by atoms with Crippen molar-refractivity contribution >= 4 is 43.8 Å². The molecule has 0 saturated carbocycles. The van der Waals surface area contributed by atoms with E-state index in [1.807, 2.05) is 37.3 Å². The summed E-state index contributed by atoms with van der Waals surface area (Å²) in [4.78, 5) is 13.2. The fourth-order valence-corrected chi connectivity index (χ4v) is 3.84. The van der Waals surface area contributed by atoms with E-state index in [0.717, 1.165) is 9.35 Å². The van der Waals surface area contributed by atoms with Crippen molar-refractivity contribution in [3.63, 3.8) is 0 Å². The molecule has 1 atom stereocenters. The highest BCUT2D eigenvalue weighted by atomic mass is 79.9.